The van der Waals surface area contributed by atoms with Crippen molar-refractivity contribution in [3.05, 3.63) is 34.2 Å². The van der Waals surface area contributed by atoms with Crippen molar-refractivity contribution >= 4 is 0 Å². The van der Waals surface area contributed by atoms with E-state index in [0.29, 0.717) is 0 Å². The summed E-state index contributed by atoms with van der Waals surface area (Å²) in [6, 6.07) is 3.83. The molecule has 1 aromatic rings. The minimum atomic E-state index is -0.0299. The van der Waals surface area contributed by atoms with Crippen molar-refractivity contribution in [2.45, 2.75) is 52.5 Å². The molecule has 0 saturated heterocycles. The van der Waals surface area contributed by atoms with Gasteiger partial charge < -0.3 is 4.57 Å². The van der Waals surface area contributed by atoms with Crippen LogP contribution < -0.4 is 5.56 Å². The van der Waals surface area contributed by atoms with Crippen molar-refractivity contribution in [2.24, 2.45) is 0 Å². The molecule has 15 heavy (non-hydrogen) atoms. The third kappa shape index (κ3) is 2.31. The van der Waals surface area contributed by atoms with Gasteiger partial charge in [-0.2, -0.15) is 0 Å². The standard InChI is InChI=1S/C13H21NO/c1-5-9-13(4,6-2)14-10-7-8-11(3)12(14)15/h7-8,10H,5-6,9H2,1-4H3. The van der Waals surface area contributed by atoms with E-state index in [-0.39, 0.29) is 11.1 Å². The number of aryl methyl sites for hydroxylation is 1. The van der Waals surface area contributed by atoms with E-state index in [4.69, 9.17) is 0 Å². The summed E-state index contributed by atoms with van der Waals surface area (Å²) in [5, 5.41) is 0. The molecule has 1 aromatic heterocycles. The van der Waals surface area contributed by atoms with Crippen LogP contribution in [0.2, 0.25) is 0 Å². The van der Waals surface area contributed by atoms with Crippen LogP contribution in [0.5, 0.6) is 0 Å². The van der Waals surface area contributed by atoms with E-state index < -0.39 is 0 Å². The van der Waals surface area contributed by atoms with Gasteiger partial charge in [-0.15, -0.1) is 0 Å². The lowest BCUT2D eigenvalue weighted by atomic mass is 9.92. The second-order valence-corrected chi connectivity index (χ2v) is 4.47. The fourth-order valence-electron chi connectivity index (χ4n) is 2.03. The normalized spacial score (nSPS) is 14.9. The van der Waals surface area contributed by atoms with Gasteiger partial charge in [0, 0.05) is 17.3 Å². The minimum Gasteiger partial charge on any atom is -0.309 e. The number of hydrogen-bond acceptors (Lipinski definition) is 1. The van der Waals surface area contributed by atoms with Gasteiger partial charge in [-0.25, -0.2) is 0 Å². The molecule has 0 amide bonds. The Balaban J connectivity index is 3.24. The van der Waals surface area contributed by atoms with Crippen molar-refractivity contribution in [2.75, 3.05) is 0 Å². The Hall–Kier alpha value is -1.05. The Bertz CT molecular complexity index is 380. The average Bonchev–Trinajstić information content (AvgIpc) is 2.22. The SMILES string of the molecule is CCCC(C)(CC)n1cccc(C)c1=O. The Labute approximate surface area is 91.9 Å². The Kier molecular flexibility index (Phi) is 3.72. The van der Waals surface area contributed by atoms with Crippen LogP contribution in [-0.4, -0.2) is 4.57 Å². The molecule has 1 atom stereocenters. The molecule has 0 aliphatic heterocycles. The Morgan fingerprint density at radius 3 is 2.60 bits per heavy atom. The molecule has 0 aromatic carbocycles. The number of rotatable bonds is 4. The molecule has 1 heterocycles. The van der Waals surface area contributed by atoms with Gasteiger partial charge in [0.1, 0.15) is 0 Å². The van der Waals surface area contributed by atoms with Crippen LogP contribution in [0, 0.1) is 6.92 Å². The van der Waals surface area contributed by atoms with Crippen molar-refractivity contribution < 1.29 is 0 Å². The monoisotopic (exact) mass is 207 g/mol. The number of nitrogens with zero attached hydrogens (tertiary/aromatic N) is 1. The zero-order valence-electron chi connectivity index (χ0n) is 10.2. The van der Waals surface area contributed by atoms with Gasteiger partial charge in [0.15, 0.2) is 0 Å². The second-order valence-electron chi connectivity index (χ2n) is 4.47. The summed E-state index contributed by atoms with van der Waals surface area (Å²) in [6.07, 6.45) is 5.05. The summed E-state index contributed by atoms with van der Waals surface area (Å²) in [5.74, 6) is 0. The number of hydrogen-bond donors (Lipinski definition) is 0. The van der Waals surface area contributed by atoms with E-state index in [1.165, 1.54) is 0 Å². The molecule has 0 spiro atoms. The van der Waals surface area contributed by atoms with Crippen LogP contribution in [0.15, 0.2) is 23.1 Å². The zero-order chi connectivity index (χ0) is 11.5. The summed E-state index contributed by atoms with van der Waals surface area (Å²) in [6.45, 7) is 8.34. The number of aromatic nitrogens is 1. The smallest absolute Gasteiger partial charge is 0.253 e. The van der Waals surface area contributed by atoms with Gasteiger partial charge in [0.25, 0.3) is 5.56 Å². The molecular weight excluding hydrogens is 186 g/mol. The highest BCUT2D eigenvalue weighted by atomic mass is 16.1. The van der Waals surface area contributed by atoms with Crippen LogP contribution in [0.25, 0.3) is 0 Å². The molecule has 84 valence electrons. The molecule has 0 aliphatic carbocycles. The first kappa shape index (κ1) is 12.0. The maximum atomic E-state index is 12.0. The Morgan fingerprint density at radius 1 is 1.40 bits per heavy atom. The summed E-state index contributed by atoms with van der Waals surface area (Å²) in [5.41, 5.74) is 0.946. The molecule has 2 nitrogen and oxygen atoms in total. The third-order valence-electron chi connectivity index (χ3n) is 3.27. The van der Waals surface area contributed by atoms with Crippen LogP contribution >= 0.6 is 0 Å². The zero-order valence-corrected chi connectivity index (χ0v) is 10.2. The molecule has 2 heteroatoms. The molecule has 0 bridgehead atoms. The molecule has 1 unspecified atom stereocenters. The molecule has 0 fully saturated rings. The van der Waals surface area contributed by atoms with Crippen molar-refractivity contribution in [3.8, 4) is 0 Å². The van der Waals surface area contributed by atoms with Crippen molar-refractivity contribution in [1.29, 1.82) is 0 Å². The van der Waals surface area contributed by atoms with Gasteiger partial charge in [-0.3, -0.25) is 4.79 Å². The fraction of sp³-hybridized carbons (Fsp3) is 0.615. The molecule has 0 saturated carbocycles. The second kappa shape index (κ2) is 4.65. The van der Waals surface area contributed by atoms with E-state index in [2.05, 4.69) is 20.8 Å². The first-order valence-corrected chi connectivity index (χ1v) is 5.74. The molecule has 0 aliphatic rings. The van der Waals surface area contributed by atoms with E-state index >= 15 is 0 Å². The molecule has 0 N–H and O–H groups in total. The maximum Gasteiger partial charge on any atom is 0.253 e. The first-order chi connectivity index (χ1) is 7.05. The molecule has 1 rings (SSSR count). The summed E-state index contributed by atoms with van der Waals surface area (Å²) < 4.78 is 1.89. The summed E-state index contributed by atoms with van der Waals surface area (Å²) in [7, 11) is 0. The predicted molar refractivity (Wildman–Crippen MR) is 64.3 cm³/mol. The van der Waals surface area contributed by atoms with E-state index in [1.807, 2.05) is 29.8 Å². The van der Waals surface area contributed by atoms with Crippen LogP contribution in [0.3, 0.4) is 0 Å². The lowest BCUT2D eigenvalue weighted by Crippen LogP contribution is -2.38. The molecular formula is C13H21NO. The topological polar surface area (TPSA) is 22.0 Å². The third-order valence-corrected chi connectivity index (χ3v) is 3.27. The highest BCUT2D eigenvalue weighted by molar-refractivity contribution is 5.09. The largest absolute Gasteiger partial charge is 0.309 e. The highest BCUT2D eigenvalue weighted by Crippen LogP contribution is 2.24. The first-order valence-electron chi connectivity index (χ1n) is 5.74. The van der Waals surface area contributed by atoms with Crippen LogP contribution in [0.4, 0.5) is 0 Å². The lowest BCUT2D eigenvalue weighted by Gasteiger charge is -2.30. The van der Waals surface area contributed by atoms with Gasteiger partial charge in [0.2, 0.25) is 0 Å². The lowest BCUT2D eigenvalue weighted by molar-refractivity contribution is 0.270. The van der Waals surface area contributed by atoms with Crippen LogP contribution in [0.1, 0.15) is 45.6 Å². The van der Waals surface area contributed by atoms with Gasteiger partial charge in [0.05, 0.1) is 0 Å². The molecule has 0 radical (unpaired) electrons. The average molecular weight is 207 g/mol. The highest BCUT2D eigenvalue weighted by Gasteiger charge is 2.24. The minimum absolute atomic E-state index is 0.0299. The van der Waals surface area contributed by atoms with E-state index in [1.54, 1.807) is 0 Å². The Morgan fingerprint density at radius 2 is 2.07 bits per heavy atom. The number of pyridine rings is 1. The summed E-state index contributed by atoms with van der Waals surface area (Å²) >= 11 is 0. The van der Waals surface area contributed by atoms with Gasteiger partial charge in [-0.05, 0) is 32.8 Å². The van der Waals surface area contributed by atoms with Gasteiger partial charge in [-0.1, -0.05) is 26.3 Å². The maximum absolute atomic E-state index is 12.0. The van der Waals surface area contributed by atoms with Gasteiger partial charge >= 0.3 is 0 Å². The predicted octanol–water partition coefficient (Wildman–Crippen LogP) is 3.08. The van der Waals surface area contributed by atoms with E-state index in [9.17, 15) is 4.79 Å². The fourth-order valence-corrected chi connectivity index (χ4v) is 2.03. The van der Waals surface area contributed by atoms with E-state index in [0.717, 1.165) is 24.8 Å². The summed E-state index contributed by atoms with van der Waals surface area (Å²) in [4.78, 5) is 12.0. The van der Waals surface area contributed by atoms with Crippen molar-refractivity contribution in [1.82, 2.24) is 4.57 Å². The quantitative estimate of drug-likeness (QED) is 0.743. The van der Waals surface area contributed by atoms with Crippen LogP contribution in [-0.2, 0) is 5.54 Å². The van der Waals surface area contributed by atoms with Crippen molar-refractivity contribution in [3.63, 3.8) is 0 Å².